The lowest BCUT2D eigenvalue weighted by Crippen LogP contribution is -2.47. The summed E-state index contributed by atoms with van der Waals surface area (Å²) in [6.07, 6.45) is 6.47. The summed E-state index contributed by atoms with van der Waals surface area (Å²) in [5.74, 6) is 1.49. The van der Waals surface area contributed by atoms with Gasteiger partial charge in [-0.05, 0) is 60.6 Å². The molecule has 1 fully saturated rings. The van der Waals surface area contributed by atoms with Gasteiger partial charge in [-0.15, -0.1) is 0 Å². The Hall–Kier alpha value is -0.860. The average molecular weight is 286 g/mol. The van der Waals surface area contributed by atoms with E-state index in [1.807, 2.05) is 0 Å². The maximum Gasteiger partial charge on any atom is 0.0234 e. The minimum Gasteiger partial charge on any atom is -0.327 e. The monoisotopic (exact) mass is 286 g/mol. The van der Waals surface area contributed by atoms with Crippen LogP contribution in [0.2, 0.25) is 0 Å². The Kier molecular flexibility index (Phi) is 4.66. The molecule has 0 radical (unpaired) electrons. The number of likely N-dealkylation sites (tertiary alicyclic amines) is 1. The number of rotatable bonds is 3. The van der Waals surface area contributed by atoms with Gasteiger partial charge in [0, 0.05) is 25.7 Å². The van der Waals surface area contributed by atoms with Crippen LogP contribution in [0.15, 0.2) is 18.2 Å². The maximum absolute atomic E-state index is 6.28. The number of benzene rings is 1. The van der Waals surface area contributed by atoms with Crippen LogP contribution in [0.4, 0.5) is 0 Å². The summed E-state index contributed by atoms with van der Waals surface area (Å²) in [5, 5.41) is 0. The van der Waals surface area contributed by atoms with Gasteiger partial charge in [-0.3, -0.25) is 4.90 Å². The Morgan fingerprint density at radius 1 is 1.14 bits per heavy atom. The molecule has 1 aromatic carbocycles. The number of hydrogen-bond donors (Lipinski definition) is 1. The molecule has 1 heterocycles. The highest BCUT2D eigenvalue weighted by molar-refractivity contribution is 5.33. The van der Waals surface area contributed by atoms with Crippen molar-refractivity contribution in [1.82, 2.24) is 4.90 Å². The lowest BCUT2D eigenvalue weighted by Gasteiger charge is -2.38. The van der Waals surface area contributed by atoms with Gasteiger partial charge in [-0.1, -0.05) is 32.0 Å². The molecule has 1 saturated heterocycles. The van der Waals surface area contributed by atoms with E-state index in [4.69, 9.17) is 5.73 Å². The second kappa shape index (κ2) is 6.50. The Balaban J connectivity index is 1.68. The second-order valence-electron chi connectivity index (χ2n) is 7.50. The Bertz CT molecular complexity index is 480. The Labute approximate surface area is 129 Å². The quantitative estimate of drug-likeness (QED) is 0.923. The smallest absolute Gasteiger partial charge is 0.0234 e. The fourth-order valence-corrected chi connectivity index (χ4v) is 4.03. The van der Waals surface area contributed by atoms with Crippen LogP contribution >= 0.6 is 0 Å². The molecule has 0 spiro atoms. The highest BCUT2D eigenvalue weighted by Crippen LogP contribution is 2.26. The molecule has 2 heteroatoms. The van der Waals surface area contributed by atoms with E-state index in [2.05, 4.69) is 36.9 Å². The molecule has 2 nitrogen and oxygen atoms in total. The maximum atomic E-state index is 6.28. The van der Waals surface area contributed by atoms with Crippen molar-refractivity contribution in [2.24, 2.45) is 17.6 Å². The number of hydrogen-bond acceptors (Lipinski definition) is 2. The molecule has 1 aliphatic heterocycles. The summed E-state index contributed by atoms with van der Waals surface area (Å²) in [4.78, 5) is 2.57. The standard InChI is InChI=1S/C19H30N2/c1-14(2)18-10-19(20)13-21(12-18)11-15-7-8-16-5-3-4-6-17(16)9-15/h7-9,14,18-19H,3-6,10-13,20H2,1-2H3. The average Bonchev–Trinajstić information content (AvgIpc) is 2.46. The van der Waals surface area contributed by atoms with E-state index in [9.17, 15) is 0 Å². The molecule has 2 N–H and O–H groups in total. The lowest BCUT2D eigenvalue weighted by molar-refractivity contribution is 0.123. The third kappa shape index (κ3) is 3.67. The van der Waals surface area contributed by atoms with Gasteiger partial charge in [0.15, 0.2) is 0 Å². The van der Waals surface area contributed by atoms with E-state index in [-0.39, 0.29) is 0 Å². The number of nitrogens with zero attached hydrogens (tertiary/aromatic N) is 1. The van der Waals surface area contributed by atoms with Crippen LogP contribution in [0.5, 0.6) is 0 Å². The molecule has 0 amide bonds. The molecule has 2 atom stereocenters. The molecular weight excluding hydrogens is 256 g/mol. The highest BCUT2D eigenvalue weighted by atomic mass is 15.1. The molecule has 2 unspecified atom stereocenters. The van der Waals surface area contributed by atoms with Crippen LogP contribution in [0.1, 0.15) is 49.8 Å². The third-order valence-corrected chi connectivity index (χ3v) is 5.35. The zero-order chi connectivity index (χ0) is 14.8. The van der Waals surface area contributed by atoms with Gasteiger partial charge in [0.25, 0.3) is 0 Å². The molecule has 0 aromatic heterocycles. The summed E-state index contributed by atoms with van der Waals surface area (Å²) in [6, 6.07) is 7.52. The van der Waals surface area contributed by atoms with Crippen molar-refractivity contribution in [1.29, 1.82) is 0 Å². The molecular formula is C19H30N2. The van der Waals surface area contributed by atoms with Gasteiger partial charge < -0.3 is 5.73 Å². The van der Waals surface area contributed by atoms with Crippen LogP contribution in [-0.4, -0.2) is 24.0 Å². The van der Waals surface area contributed by atoms with Crippen molar-refractivity contribution in [3.05, 3.63) is 34.9 Å². The first-order chi connectivity index (χ1) is 10.1. The fraction of sp³-hybridized carbons (Fsp3) is 0.684. The minimum atomic E-state index is 0.351. The van der Waals surface area contributed by atoms with Crippen LogP contribution in [0, 0.1) is 11.8 Å². The largest absolute Gasteiger partial charge is 0.327 e. The molecule has 116 valence electrons. The van der Waals surface area contributed by atoms with Gasteiger partial charge >= 0.3 is 0 Å². The molecule has 21 heavy (non-hydrogen) atoms. The van der Waals surface area contributed by atoms with E-state index in [0.29, 0.717) is 6.04 Å². The van der Waals surface area contributed by atoms with Crippen molar-refractivity contribution >= 4 is 0 Å². The van der Waals surface area contributed by atoms with Crippen LogP contribution in [-0.2, 0) is 19.4 Å². The van der Waals surface area contributed by atoms with Crippen molar-refractivity contribution < 1.29 is 0 Å². The predicted octanol–water partition coefficient (Wildman–Crippen LogP) is 3.37. The minimum absolute atomic E-state index is 0.351. The zero-order valence-electron chi connectivity index (χ0n) is 13.6. The summed E-state index contributed by atoms with van der Waals surface area (Å²) >= 11 is 0. The zero-order valence-corrected chi connectivity index (χ0v) is 13.6. The van der Waals surface area contributed by atoms with E-state index < -0.39 is 0 Å². The van der Waals surface area contributed by atoms with E-state index in [0.717, 1.165) is 24.9 Å². The van der Waals surface area contributed by atoms with E-state index in [1.54, 1.807) is 11.1 Å². The molecule has 2 aliphatic rings. The highest BCUT2D eigenvalue weighted by Gasteiger charge is 2.27. The number of piperidine rings is 1. The van der Waals surface area contributed by atoms with Gasteiger partial charge in [0.1, 0.15) is 0 Å². The summed E-state index contributed by atoms with van der Waals surface area (Å²) in [6.45, 7) is 8.01. The normalized spacial score (nSPS) is 26.9. The SMILES string of the molecule is CC(C)C1CC(N)CN(Cc2ccc3c(c2)CCCC3)C1. The number of aryl methyl sites for hydroxylation is 2. The van der Waals surface area contributed by atoms with E-state index in [1.165, 1.54) is 44.2 Å². The van der Waals surface area contributed by atoms with Crippen molar-refractivity contribution in [3.8, 4) is 0 Å². The van der Waals surface area contributed by atoms with Gasteiger partial charge in [0.05, 0.1) is 0 Å². The van der Waals surface area contributed by atoms with Gasteiger partial charge in [-0.25, -0.2) is 0 Å². The van der Waals surface area contributed by atoms with Crippen LogP contribution in [0.3, 0.4) is 0 Å². The van der Waals surface area contributed by atoms with Crippen molar-refractivity contribution in [3.63, 3.8) is 0 Å². The van der Waals surface area contributed by atoms with Gasteiger partial charge in [0.2, 0.25) is 0 Å². The van der Waals surface area contributed by atoms with E-state index >= 15 is 0 Å². The molecule has 0 bridgehead atoms. The van der Waals surface area contributed by atoms with Crippen molar-refractivity contribution in [2.45, 2.75) is 58.5 Å². The molecule has 3 rings (SSSR count). The second-order valence-corrected chi connectivity index (χ2v) is 7.50. The van der Waals surface area contributed by atoms with Crippen LogP contribution in [0.25, 0.3) is 0 Å². The topological polar surface area (TPSA) is 29.3 Å². The van der Waals surface area contributed by atoms with Crippen molar-refractivity contribution in [2.75, 3.05) is 13.1 Å². The first-order valence-electron chi connectivity index (χ1n) is 8.70. The summed E-state index contributed by atoms with van der Waals surface area (Å²) in [7, 11) is 0. The number of fused-ring (bicyclic) bond motifs is 1. The fourth-order valence-electron chi connectivity index (χ4n) is 4.03. The molecule has 1 aromatic rings. The molecule has 1 aliphatic carbocycles. The third-order valence-electron chi connectivity index (χ3n) is 5.35. The van der Waals surface area contributed by atoms with Gasteiger partial charge in [-0.2, -0.15) is 0 Å². The van der Waals surface area contributed by atoms with Crippen LogP contribution < -0.4 is 5.73 Å². The summed E-state index contributed by atoms with van der Waals surface area (Å²) in [5.41, 5.74) is 10.9. The first-order valence-corrected chi connectivity index (χ1v) is 8.70. The Morgan fingerprint density at radius 2 is 1.90 bits per heavy atom. The summed E-state index contributed by atoms with van der Waals surface area (Å²) < 4.78 is 0. The predicted molar refractivity (Wildman–Crippen MR) is 89.3 cm³/mol. The Morgan fingerprint density at radius 3 is 2.67 bits per heavy atom. The molecule has 0 saturated carbocycles. The lowest BCUT2D eigenvalue weighted by atomic mass is 9.85. The first kappa shape index (κ1) is 15.1. The number of nitrogens with two attached hydrogens (primary N) is 1.